The summed E-state index contributed by atoms with van der Waals surface area (Å²) < 4.78 is 7.46. The van der Waals surface area contributed by atoms with Gasteiger partial charge in [0.05, 0.1) is 10.2 Å². The number of nitrogens with zero attached hydrogens (tertiary/aromatic N) is 1. The summed E-state index contributed by atoms with van der Waals surface area (Å²) in [6.07, 6.45) is 0. The Morgan fingerprint density at radius 3 is 2.67 bits per heavy atom. The normalized spacial score (nSPS) is 11.0. The summed E-state index contributed by atoms with van der Waals surface area (Å²) in [6.45, 7) is 4.23. The van der Waals surface area contributed by atoms with Crippen molar-refractivity contribution in [3.05, 3.63) is 52.5 Å². The fourth-order valence-corrected chi connectivity index (χ4v) is 3.72. The van der Waals surface area contributed by atoms with Crippen LogP contribution in [0.3, 0.4) is 0 Å². The highest BCUT2D eigenvalue weighted by Crippen LogP contribution is 2.30. The van der Waals surface area contributed by atoms with E-state index in [1.807, 2.05) is 42.5 Å². The zero-order valence-electron chi connectivity index (χ0n) is 13.4. The van der Waals surface area contributed by atoms with Crippen molar-refractivity contribution in [1.82, 2.24) is 4.98 Å². The largest absolute Gasteiger partial charge is 0.484 e. The van der Waals surface area contributed by atoms with E-state index in [2.05, 4.69) is 40.1 Å². The molecular weight excluding hydrogens is 388 g/mol. The summed E-state index contributed by atoms with van der Waals surface area (Å²) in [6, 6.07) is 13.7. The monoisotopic (exact) mass is 404 g/mol. The second kappa shape index (κ2) is 7.32. The Balaban J connectivity index is 1.59. The third-order valence-electron chi connectivity index (χ3n) is 3.53. The molecule has 0 saturated heterocycles. The summed E-state index contributed by atoms with van der Waals surface area (Å²) in [7, 11) is 0. The number of hydrogen-bond donors (Lipinski definition) is 1. The van der Waals surface area contributed by atoms with Crippen LogP contribution in [0.15, 0.2) is 46.9 Å². The lowest BCUT2D eigenvalue weighted by Gasteiger charge is -2.08. The molecule has 0 spiro atoms. The third kappa shape index (κ3) is 3.94. The van der Waals surface area contributed by atoms with E-state index in [0.717, 1.165) is 14.7 Å². The minimum absolute atomic E-state index is 0.0435. The number of fused-ring (bicyclic) bond motifs is 1. The molecule has 0 fully saturated rings. The molecule has 2 aromatic carbocycles. The van der Waals surface area contributed by atoms with Crippen LogP contribution in [-0.2, 0) is 4.79 Å². The number of carbonyl (C=O) groups is 1. The number of para-hydroxylation sites is 1. The number of hydrogen-bond acceptors (Lipinski definition) is 4. The van der Waals surface area contributed by atoms with Crippen molar-refractivity contribution in [2.75, 3.05) is 11.9 Å². The molecule has 24 heavy (non-hydrogen) atoms. The number of aromatic nitrogens is 1. The number of nitrogens with one attached hydrogen (secondary N) is 1. The maximum absolute atomic E-state index is 12.0. The summed E-state index contributed by atoms with van der Waals surface area (Å²) in [5, 5.41) is 3.35. The van der Waals surface area contributed by atoms with Crippen LogP contribution in [0.5, 0.6) is 5.75 Å². The van der Waals surface area contributed by atoms with Crippen molar-refractivity contribution in [3.8, 4) is 5.75 Å². The van der Waals surface area contributed by atoms with Crippen LogP contribution in [0.4, 0.5) is 5.13 Å². The van der Waals surface area contributed by atoms with Gasteiger partial charge in [0, 0.05) is 4.47 Å². The van der Waals surface area contributed by atoms with Crippen LogP contribution in [0.2, 0.25) is 0 Å². The number of halogens is 1. The average molecular weight is 405 g/mol. The number of ether oxygens (including phenoxy) is 1. The summed E-state index contributed by atoms with van der Waals surface area (Å²) in [5.74, 6) is 0.931. The quantitative estimate of drug-likeness (QED) is 0.635. The maximum atomic E-state index is 12.0. The van der Waals surface area contributed by atoms with E-state index in [9.17, 15) is 4.79 Å². The first-order valence-electron chi connectivity index (χ1n) is 7.60. The van der Waals surface area contributed by atoms with Crippen molar-refractivity contribution >= 4 is 48.5 Å². The second-order valence-electron chi connectivity index (χ2n) is 5.67. The highest BCUT2D eigenvalue weighted by atomic mass is 79.9. The van der Waals surface area contributed by atoms with Gasteiger partial charge < -0.3 is 4.74 Å². The first kappa shape index (κ1) is 16.9. The van der Waals surface area contributed by atoms with Crippen LogP contribution >= 0.6 is 27.3 Å². The van der Waals surface area contributed by atoms with Gasteiger partial charge in [-0.1, -0.05) is 43.4 Å². The molecule has 0 atom stereocenters. The zero-order chi connectivity index (χ0) is 17.1. The predicted octanol–water partition coefficient (Wildman–Crippen LogP) is 5.20. The molecule has 3 aromatic rings. The highest BCUT2D eigenvalue weighted by molar-refractivity contribution is 9.10. The van der Waals surface area contributed by atoms with Crippen molar-refractivity contribution < 1.29 is 9.53 Å². The van der Waals surface area contributed by atoms with Gasteiger partial charge in [-0.2, -0.15) is 0 Å². The van der Waals surface area contributed by atoms with E-state index in [0.29, 0.717) is 16.8 Å². The molecular formula is C18H17BrN2O2S. The number of carbonyl (C=O) groups excluding carboxylic acids is 1. The van der Waals surface area contributed by atoms with Crippen LogP contribution in [-0.4, -0.2) is 17.5 Å². The van der Waals surface area contributed by atoms with Gasteiger partial charge in [0.2, 0.25) is 0 Å². The van der Waals surface area contributed by atoms with Gasteiger partial charge in [0.1, 0.15) is 5.75 Å². The number of thiazole rings is 1. The van der Waals surface area contributed by atoms with Gasteiger partial charge in [0.15, 0.2) is 11.7 Å². The smallest absolute Gasteiger partial charge is 0.264 e. The van der Waals surface area contributed by atoms with Crippen molar-refractivity contribution in [3.63, 3.8) is 0 Å². The Bertz CT molecular complexity index is 859. The molecule has 0 aliphatic heterocycles. The minimum atomic E-state index is -0.224. The SMILES string of the molecule is CC(C)c1ccc(OCC(=O)Nc2nc3c(Br)cccc3s2)cc1. The van der Waals surface area contributed by atoms with Crippen LogP contribution in [0, 0.1) is 0 Å². The fraction of sp³-hybridized carbons (Fsp3) is 0.222. The summed E-state index contributed by atoms with van der Waals surface area (Å²) >= 11 is 4.90. The lowest BCUT2D eigenvalue weighted by atomic mass is 10.0. The van der Waals surface area contributed by atoms with Crippen molar-refractivity contribution in [2.45, 2.75) is 19.8 Å². The van der Waals surface area contributed by atoms with E-state index < -0.39 is 0 Å². The van der Waals surface area contributed by atoms with Crippen molar-refractivity contribution in [1.29, 1.82) is 0 Å². The Kier molecular flexibility index (Phi) is 5.16. The number of rotatable bonds is 5. The third-order valence-corrected chi connectivity index (χ3v) is 5.11. The summed E-state index contributed by atoms with van der Waals surface area (Å²) in [5.41, 5.74) is 2.09. The molecule has 1 heterocycles. The van der Waals surface area contributed by atoms with E-state index in [-0.39, 0.29) is 12.5 Å². The number of benzene rings is 2. The average Bonchev–Trinajstić information content (AvgIpc) is 2.97. The first-order valence-corrected chi connectivity index (χ1v) is 9.21. The summed E-state index contributed by atoms with van der Waals surface area (Å²) in [4.78, 5) is 16.5. The molecule has 0 aliphatic rings. The van der Waals surface area contributed by atoms with Gasteiger partial charge in [-0.3, -0.25) is 10.1 Å². The van der Waals surface area contributed by atoms with Crippen LogP contribution in [0.25, 0.3) is 10.2 Å². The topological polar surface area (TPSA) is 51.2 Å². The Labute approximate surface area is 153 Å². The molecule has 4 nitrogen and oxygen atoms in total. The molecule has 1 amide bonds. The van der Waals surface area contributed by atoms with Crippen LogP contribution < -0.4 is 10.1 Å². The molecule has 0 aliphatic carbocycles. The van der Waals surface area contributed by atoms with Crippen LogP contribution in [0.1, 0.15) is 25.3 Å². The second-order valence-corrected chi connectivity index (χ2v) is 7.55. The van der Waals surface area contributed by atoms with Gasteiger partial charge in [-0.05, 0) is 51.7 Å². The van der Waals surface area contributed by atoms with E-state index >= 15 is 0 Å². The lowest BCUT2D eigenvalue weighted by Crippen LogP contribution is -2.20. The fourth-order valence-electron chi connectivity index (χ4n) is 2.22. The van der Waals surface area contributed by atoms with Gasteiger partial charge in [0.25, 0.3) is 5.91 Å². The predicted molar refractivity (Wildman–Crippen MR) is 102 cm³/mol. The van der Waals surface area contributed by atoms with Crippen molar-refractivity contribution in [2.24, 2.45) is 0 Å². The highest BCUT2D eigenvalue weighted by Gasteiger charge is 2.10. The first-order chi connectivity index (χ1) is 11.5. The lowest BCUT2D eigenvalue weighted by molar-refractivity contribution is -0.118. The van der Waals surface area contributed by atoms with E-state index in [1.165, 1.54) is 16.9 Å². The maximum Gasteiger partial charge on any atom is 0.264 e. The minimum Gasteiger partial charge on any atom is -0.484 e. The molecule has 1 N–H and O–H groups in total. The van der Waals surface area contributed by atoms with Gasteiger partial charge in [-0.15, -0.1) is 0 Å². The Hall–Kier alpha value is -1.92. The molecule has 0 radical (unpaired) electrons. The molecule has 0 bridgehead atoms. The number of anilines is 1. The number of amides is 1. The van der Waals surface area contributed by atoms with Gasteiger partial charge in [-0.25, -0.2) is 4.98 Å². The Morgan fingerprint density at radius 2 is 2.00 bits per heavy atom. The molecule has 6 heteroatoms. The molecule has 3 rings (SSSR count). The van der Waals surface area contributed by atoms with Gasteiger partial charge >= 0.3 is 0 Å². The standard InChI is InChI=1S/C18H17BrN2O2S/c1-11(2)12-6-8-13(9-7-12)23-10-16(22)20-18-21-17-14(19)4-3-5-15(17)24-18/h3-9,11H,10H2,1-2H3,(H,20,21,22). The molecule has 1 aromatic heterocycles. The zero-order valence-corrected chi connectivity index (χ0v) is 15.8. The molecule has 0 unspecified atom stereocenters. The van der Waals surface area contributed by atoms with E-state index in [1.54, 1.807) is 0 Å². The van der Waals surface area contributed by atoms with E-state index in [4.69, 9.17) is 4.74 Å². The Morgan fingerprint density at radius 1 is 1.25 bits per heavy atom. The molecule has 124 valence electrons. The molecule has 0 saturated carbocycles.